The molecule has 2 aromatic rings. The predicted octanol–water partition coefficient (Wildman–Crippen LogP) is 10.6. The van der Waals surface area contributed by atoms with Gasteiger partial charge in [0.2, 0.25) is 0 Å². The van der Waals surface area contributed by atoms with Gasteiger partial charge in [0.1, 0.15) is 18.1 Å². The van der Waals surface area contributed by atoms with E-state index in [1.807, 2.05) is 12.1 Å². The van der Waals surface area contributed by atoms with Gasteiger partial charge >= 0.3 is 5.97 Å². The summed E-state index contributed by atoms with van der Waals surface area (Å²) in [6.45, 7) is 13.9. The fourth-order valence-electron chi connectivity index (χ4n) is 12.1. The van der Waals surface area contributed by atoms with Crippen LogP contribution in [-0.2, 0) is 29.0 Å². The van der Waals surface area contributed by atoms with E-state index in [1.165, 1.54) is 75.7 Å². The van der Waals surface area contributed by atoms with Crippen molar-refractivity contribution in [2.75, 3.05) is 7.11 Å². The minimum absolute atomic E-state index is 0. The summed E-state index contributed by atoms with van der Waals surface area (Å²) < 4.78 is 16.4. The van der Waals surface area contributed by atoms with E-state index in [0.29, 0.717) is 12.0 Å². The Balaban J connectivity index is 0.00000432. The summed E-state index contributed by atoms with van der Waals surface area (Å²) in [5, 5.41) is 0. The molecule has 4 aliphatic carbocycles. The van der Waals surface area contributed by atoms with Gasteiger partial charge in [0.05, 0.1) is 13.7 Å². The first-order valence-corrected chi connectivity index (χ1v) is 20.3. The molecule has 3 fully saturated rings. The molecule has 0 radical (unpaired) electrons. The molecule has 5 nitrogen and oxygen atoms in total. The highest BCUT2D eigenvalue weighted by atomic mass is 35.5. The molecule has 0 N–H and O–H groups in total. The molecule has 0 bridgehead atoms. The first-order valence-electron chi connectivity index (χ1n) is 20.3. The van der Waals surface area contributed by atoms with Crippen molar-refractivity contribution in [3.05, 3.63) is 47.9 Å². The topological polar surface area (TPSA) is 44.3 Å². The van der Waals surface area contributed by atoms with Gasteiger partial charge in [-0.3, -0.25) is 0 Å². The molecule has 8 atom stereocenters. The summed E-state index contributed by atoms with van der Waals surface area (Å²) in [5.74, 6) is 7.12. The summed E-state index contributed by atoms with van der Waals surface area (Å²) in [4.78, 5) is 13.6. The lowest BCUT2D eigenvalue weighted by atomic mass is 9.47. The first-order chi connectivity index (χ1) is 23.6. The smallest absolute Gasteiger partial charge is 0.348 e. The number of benzene rings is 1. The Morgan fingerprint density at radius 3 is 2.54 bits per heavy atom. The number of imidazole rings is 1. The summed E-state index contributed by atoms with van der Waals surface area (Å²) >= 11 is 0. The van der Waals surface area contributed by atoms with Crippen molar-refractivity contribution in [1.82, 2.24) is 4.57 Å². The quantitative estimate of drug-likeness (QED) is 0.140. The van der Waals surface area contributed by atoms with E-state index in [0.717, 1.165) is 85.5 Å². The van der Waals surface area contributed by atoms with Crippen LogP contribution in [0.3, 0.4) is 0 Å². The number of hydrogen-bond acceptors (Lipinski definition) is 3. The summed E-state index contributed by atoms with van der Waals surface area (Å²) in [6, 6.07) is 8.31. The molecule has 6 heteroatoms. The van der Waals surface area contributed by atoms with Gasteiger partial charge < -0.3 is 9.47 Å². The number of ether oxygens (including phenoxy) is 2. The van der Waals surface area contributed by atoms with Crippen LogP contribution in [0.1, 0.15) is 130 Å². The molecule has 0 amide bonds. The first kappa shape index (κ1) is 37.5. The van der Waals surface area contributed by atoms with E-state index in [2.05, 4.69) is 68.2 Å². The molecule has 0 saturated heterocycles. The van der Waals surface area contributed by atoms with Gasteiger partial charge in [-0.25, -0.2) is 13.9 Å². The molecule has 2 heterocycles. The van der Waals surface area contributed by atoms with Crippen molar-refractivity contribution >= 4 is 18.4 Å². The van der Waals surface area contributed by atoms with Crippen molar-refractivity contribution < 1.29 is 18.8 Å². The third-order valence-electron chi connectivity index (χ3n) is 14.7. The molecule has 50 heavy (non-hydrogen) atoms. The van der Waals surface area contributed by atoms with Crippen LogP contribution in [0.2, 0.25) is 0 Å². The van der Waals surface area contributed by atoms with Crippen LogP contribution >= 0.6 is 12.4 Å². The van der Waals surface area contributed by atoms with Gasteiger partial charge in [0.15, 0.2) is 12.2 Å². The maximum Gasteiger partial charge on any atom is 0.348 e. The second-order valence-corrected chi connectivity index (χ2v) is 17.9. The number of rotatable bonds is 10. The van der Waals surface area contributed by atoms with Crippen LogP contribution in [-0.4, -0.2) is 23.8 Å². The van der Waals surface area contributed by atoms with E-state index in [1.54, 1.807) is 12.7 Å². The van der Waals surface area contributed by atoms with Crippen LogP contribution in [0.5, 0.6) is 5.75 Å². The number of carbonyl (C=O) groups is 1. The number of hydrogen-bond donors (Lipinski definition) is 0. The zero-order valence-electron chi connectivity index (χ0n) is 32.1. The maximum atomic E-state index is 13.6. The third kappa shape index (κ3) is 7.07. The van der Waals surface area contributed by atoms with Gasteiger partial charge in [0, 0.05) is 18.4 Å². The average molecular weight is 706 g/mol. The van der Waals surface area contributed by atoms with Crippen LogP contribution in [0, 0.1) is 46.3 Å². The van der Waals surface area contributed by atoms with E-state index in [9.17, 15) is 4.79 Å². The largest absolute Gasteiger partial charge is 0.497 e. The average Bonchev–Trinajstić information content (AvgIpc) is 3.50. The molecular weight excluding hydrogens is 640 g/mol. The second-order valence-electron chi connectivity index (χ2n) is 17.9. The van der Waals surface area contributed by atoms with Crippen molar-refractivity contribution in [3.8, 4) is 17.0 Å². The molecule has 7 rings (SSSR count). The van der Waals surface area contributed by atoms with Crippen LogP contribution in [0.15, 0.2) is 42.1 Å². The lowest BCUT2D eigenvalue weighted by molar-refractivity contribution is -0.692. The molecule has 0 spiro atoms. The van der Waals surface area contributed by atoms with Crippen LogP contribution in [0.4, 0.5) is 0 Å². The highest BCUT2D eigenvalue weighted by molar-refractivity contribution is 5.85. The van der Waals surface area contributed by atoms with Crippen molar-refractivity contribution in [2.24, 2.45) is 46.3 Å². The number of carbonyl (C=O) groups excluding carboxylic acids is 1. The lowest BCUT2D eigenvalue weighted by Crippen LogP contribution is -2.51. The Morgan fingerprint density at radius 1 is 0.980 bits per heavy atom. The van der Waals surface area contributed by atoms with Gasteiger partial charge in [0.25, 0.3) is 5.82 Å². The highest BCUT2D eigenvalue weighted by Gasteiger charge is 2.59. The monoisotopic (exact) mass is 705 g/mol. The van der Waals surface area contributed by atoms with Gasteiger partial charge in [-0.05, 0) is 135 Å². The molecule has 5 aliphatic rings. The van der Waals surface area contributed by atoms with E-state index >= 15 is 0 Å². The number of esters is 1. The highest BCUT2D eigenvalue weighted by Crippen LogP contribution is 2.67. The number of fused-ring (bicyclic) bond motifs is 6. The number of allylic oxidation sites excluding steroid dienone is 1. The summed E-state index contributed by atoms with van der Waals surface area (Å²) in [6.07, 6.45) is 23.6. The van der Waals surface area contributed by atoms with Crippen molar-refractivity contribution in [3.63, 3.8) is 0 Å². The Morgan fingerprint density at radius 2 is 1.78 bits per heavy atom. The van der Waals surface area contributed by atoms with Gasteiger partial charge in [-0.15, -0.1) is 12.4 Å². The van der Waals surface area contributed by atoms with Crippen molar-refractivity contribution in [2.45, 2.75) is 150 Å². The normalized spacial score (nSPS) is 32.4. The number of nitrogens with zero attached hydrogens (tertiary/aromatic N) is 2. The Hall–Kier alpha value is -2.27. The molecule has 8 unspecified atom stereocenters. The SMILES string of the molecule is COc1ccc(-c2c[n+](CC(=O)OC3CCC4(C)C(=CCC5C4CCC4(C)C(C(C)CCCC(C)C)CCC54)C3)c3n2CCCCC3)cc1.Cl. The Kier molecular flexibility index (Phi) is 11.5. The molecule has 3 saturated carbocycles. The van der Waals surface area contributed by atoms with E-state index in [-0.39, 0.29) is 29.9 Å². The van der Waals surface area contributed by atoms with E-state index < -0.39 is 0 Å². The number of methoxy groups -OCH3 is 1. The van der Waals surface area contributed by atoms with Crippen LogP contribution < -0.4 is 9.30 Å². The maximum absolute atomic E-state index is 13.6. The fraction of sp³-hybridized carbons (Fsp3) is 0.727. The lowest BCUT2D eigenvalue weighted by Gasteiger charge is -2.58. The molecule has 276 valence electrons. The minimum atomic E-state index is -0.0836. The fourth-order valence-corrected chi connectivity index (χ4v) is 12.1. The molecule has 1 aromatic carbocycles. The van der Waals surface area contributed by atoms with Gasteiger partial charge in [-0.1, -0.05) is 65.5 Å². The number of halogens is 1. The molecule has 1 aliphatic heterocycles. The van der Waals surface area contributed by atoms with E-state index in [4.69, 9.17) is 9.47 Å². The minimum Gasteiger partial charge on any atom is -0.497 e. The second kappa shape index (κ2) is 15.4. The van der Waals surface area contributed by atoms with Gasteiger partial charge in [-0.2, -0.15) is 0 Å². The Bertz CT molecular complexity index is 1510. The zero-order valence-corrected chi connectivity index (χ0v) is 32.9. The van der Waals surface area contributed by atoms with Crippen molar-refractivity contribution in [1.29, 1.82) is 0 Å². The zero-order chi connectivity index (χ0) is 34.3. The summed E-state index contributed by atoms with van der Waals surface area (Å²) in [7, 11) is 1.71. The number of aromatic nitrogens is 2. The predicted molar refractivity (Wildman–Crippen MR) is 204 cm³/mol. The molecular formula is C44H66ClN2O3+. The standard InChI is InChI=1S/C44H65N2O3.ClH/c1-30(2)11-10-12-31(3)37-20-21-38-36-19-16-33-27-35(22-24-43(33,4)39(36)23-25-44(37,38)5)49-42(47)29-45-28-40(32-14-17-34(48-6)18-15-32)46-26-9-7-8-13-41(45)46;/h14-18,28,30-31,35-39H,7-13,19-27,29H2,1-6H3;1H/q+1;. The third-order valence-corrected chi connectivity index (χ3v) is 14.7. The Labute approximate surface area is 309 Å². The molecule has 1 aromatic heterocycles. The summed E-state index contributed by atoms with van der Waals surface area (Å²) in [5.41, 5.74) is 4.74. The van der Waals surface area contributed by atoms with Crippen LogP contribution in [0.25, 0.3) is 11.3 Å².